The number of nitrogens with one attached hydrogen (secondary N) is 1. The van der Waals surface area contributed by atoms with Crippen LogP contribution in [0.5, 0.6) is 0 Å². The summed E-state index contributed by atoms with van der Waals surface area (Å²) >= 11 is 0. The van der Waals surface area contributed by atoms with Crippen LogP contribution in [0.4, 0.5) is 5.69 Å². The van der Waals surface area contributed by atoms with E-state index >= 15 is 0 Å². The van der Waals surface area contributed by atoms with Gasteiger partial charge in [-0.15, -0.1) is 0 Å². The van der Waals surface area contributed by atoms with Gasteiger partial charge >= 0.3 is 0 Å². The number of nitrogens with zero attached hydrogens (tertiary/aromatic N) is 1. The molecule has 3 rings (SSSR count). The standard InChI is InChI=1S/C19H22N2O3S/c1-21-12-10-15(11-13-21)19(22)16-6-5-7-17(14-16)20-25(23,24)18-8-3-2-4-9-18/h2-9,14-15,20H,10-13H2,1H3. The first kappa shape index (κ1) is 17.6. The van der Waals surface area contributed by atoms with Crippen LogP contribution in [-0.4, -0.2) is 39.2 Å². The maximum Gasteiger partial charge on any atom is 0.261 e. The number of hydrogen-bond donors (Lipinski definition) is 1. The first-order chi connectivity index (χ1) is 12.0. The van der Waals surface area contributed by atoms with E-state index in [9.17, 15) is 13.2 Å². The van der Waals surface area contributed by atoms with Gasteiger partial charge in [-0.25, -0.2) is 8.42 Å². The minimum Gasteiger partial charge on any atom is -0.306 e. The Kier molecular flexibility index (Phi) is 5.20. The van der Waals surface area contributed by atoms with Gasteiger partial charge in [-0.2, -0.15) is 0 Å². The van der Waals surface area contributed by atoms with Gasteiger partial charge in [0.2, 0.25) is 0 Å². The second-order valence-corrected chi connectivity index (χ2v) is 8.12. The highest BCUT2D eigenvalue weighted by Crippen LogP contribution is 2.23. The zero-order valence-electron chi connectivity index (χ0n) is 14.2. The summed E-state index contributed by atoms with van der Waals surface area (Å²) in [6.45, 7) is 1.83. The van der Waals surface area contributed by atoms with Crippen LogP contribution < -0.4 is 4.72 Å². The number of carbonyl (C=O) groups is 1. The lowest BCUT2D eigenvalue weighted by Crippen LogP contribution is -2.33. The molecule has 1 N–H and O–H groups in total. The number of piperidine rings is 1. The Bertz CT molecular complexity index is 842. The molecule has 0 saturated carbocycles. The van der Waals surface area contributed by atoms with Crippen molar-refractivity contribution >= 4 is 21.5 Å². The van der Waals surface area contributed by atoms with Crippen LogP contribution in [0, 0.1) is 5.92 Å². The van der Waals surface area contributed by atoms with Crippen molar-refractivity contribution in [3.05, 3.63) is 60.2 Å². The number of ketones is 1. The summed E-state index contributed by atoms with van der Waals surface area (Å²) in [5, 5.41) is 0. The zero-order valence-corrected chi connectivity index (χ0v) is 15.0. The molecule has 0 unspecified atom stereocenters. The molecule has 25 heavy (non-hydrogen) atoms. The first-order valence-corrected chi connectivity index (χ1v) is 9.85. The van der Waals surface area contributed by atoms with Crippen molar-refractivity contribution in [3.63, 3.8) is 0 Å². The molecule has 0 atom stereocenters. The van der Waals surface area contributed by atoms with Crippen LogP contribution in [0.1, 0.15) is 23.2 Å². The Balaban J connectivity index is 1.77. The fraction of sp³-hybridized carbons (Fsp3) is 0.316. The molecule has 0 radical (unpaired) electrons. The van der Waals surface area contributed by atoms with E-state index in [1.54, 1.807) is 42.5 Å². The molecule has 0 spiro atoms. The lowest BCUT2D eigenvalue weighted by molar-refractivity contribution is 0.0857. The third-order valence-electron chi connectivity index (χ3n) is 4.54. The zero-order chi connectivity index (χ0) is 17.9. The minimum absolute atomic E-state index is 0.0113. The van der Waals surface area contributed by atoms with Crippen LogP contribution in [0.3, 0.4) is 0 Å². The van der Waals surface area contributed by atoms with Crippen molar-refractivity contribution in [3.8, 4) is 0 Å². The van der Waals surface area contributed by atoms with E-state index in [4.69, 9.17) is 0 Å². The van der Waals surface area contributed by atoms with Crippen LogP contribution >= 0.6 is 0 Å². The second-order valence-electron chi connectivity index (χ2n) is 6.44. The average Bonchev–Trinajstić information content (AvgIpc) is 2.62. The third kappa shape index (κ3) is 4.27. The quantitative estimate of drug-likeness (QED) is 0.835. The first-order valence-electron chi connectivity index (χ1n) is 8.36. The molecule has 0 aromatic heterocycles. The molecular weight excluding hydrogens is 336 g/mol. The average molecular weight is 358 g/mol. The number of sulfonamides is 1. The van der Waals surface area contributed by atoms with E-state index in [0.29, 0.717) is 11.3 Å². The Labute approximate surface area is 148 Å². The van der Waals surface area contributed by atoms with Gasteiger partial charge in [0, 0.05) is 17.2 Å². The number of anilines is 1. The van der Waals surface area contributed by atoms with Crippen LogP contribution in [0.2, 0.25) is 0 Å². The lowest BCUT2D eigenvalue weighted by atomic mass is 9.89. The van der Waals surface area contributed by atoms with Crippen molar-refractivity contribution in [1.29, 1.82) is 0 Å². The maximum atomic E-state index is 12.7. The van der Waals surface area contributed by atoms with Gasteiger partial charge in [0.15, 0.2) is 5.78 Å². The molecule has 0 aliphatic carbocycles. The summed E-state index contributed by atoms with van der Waals surface area (Å²) in [6.07, 6.45) is 1.69. The van der Waals surface area contributed by atoms with Crippen LogP contribution in [0.25, 0.3) is 0 Å². The molecule has 1 heterocycles. The highest BCUT2D eigenvalue weighted by atomic mass is 32.2. The molecule has 1 saturated heterocycles. The highest BCUT2D eigenvalue weighted by molar-refractivity contribution is 7.92. The summed E-state index contributed by atoms with van der Waals surface area (Å²) in [5.74, 6) is 0.103. The van der Waals surface area contributed by atoms with Crippen molar-refractivity contribution in [2.45, 2.75) is 17.7 Å². The summed E-state index contributed by atoms with van der Waals surface area (Å²) in [5.41, 5.74) is 0.963. The number of Topliss-reactive ketones (excluding diaryl/α,β-unsaturated/α-hetero) is 1. The summed E-state index contributed by atoms with van der Waals surface area (Å²) in [6, 6.07) is 14.9. The predicted molar refractivity (Wildman–Crippen MR) is 98.2 cm³/mol. The summed E-state index contributed by atoms with van der Waals surface area (Å²) in [4.78, 5) is 15.1. The van der Waals surface area contributed by atoms with Crippen molar-refractivity contribution in [2.75, 3.05) is 24.9 Å². The highest BCUT2D eigenvalue weighted by Gasteiger charge is 2.24. The van der Waals surface area contributed by atoms with E-state index in [1.807, 2.05) is 0 Å². The van der Waals surface area contributed by atoms with E-state index in [-0.39, 0.29) is 16.6 Å². The van der Waals surface area contributed by atoms with Gasteiger partial charge in [0.1, 0.15) is 0 Å². The molecule has 0 bridgehead atoms. The number of likely N-dealkylation sites (tertiary alicyclic amines) is 1. The van der Waals surface area contributed by atoms with Crippen molar-refractivity contribution < 1.29 is 13.2 Å². The lowest BCUT2D eigenvalue weighted by Gasteiger charge is -2.28. The van der Waals surface area contributed by atoms with Crippen molar-refractivity contribution in [2.24, 2.45) is 5.92 Å². The summed E-state index contributed by atoms with van der Waals surface area (Å²) < 4.78 is 27.4. The Hall–Kier alpha value is -2.18. The molecule has 132 valence electrons. The second kappa shape index (κ2) is 7.37. The van der Waals surface area contributed by atoms with Crippen LogP contribution in [0.15, 0.2) is 59.5 Å². The van der Waals surface area contributed by atoms with Gasteiger partial charge < -0.3 is 4.90 Å². The smallest absolute Gasteiger partial charge is 0.261 e. The Morgan fingerprint density at radius 2 is 1.72 bits per heavy atom. The van der Waals surface area contributed by atoms with Crippen LogP contribution in [-0.2, 0) is 10.0 Å². The molecule has 6 heteroatoms. The van der Waals surface area contributed by atoms with Crippen molar-refractivity contribution in [1.82, 2.24) is 4.90 Å². The number of carbonyl (C=O) groups excluding carboxylic acids is 1. The monoisotopic (exact) mass is 358 g/mol. The number of benzene rings is 2. The molecule has 1 aliphatic heterocycles. The summed E-state index contributed by atoms with van der Waals surface area (Å²) in [7, 11) is -1.60. The molecule has 2 aromatic rings. The molecule has 0 amide bonds. The predicted octanol–water partition coefficient (Wildman–Crippen LogP) is 3.01. The van der Waals surface area contributed by atoms with Gasteiger partial charge in [0.05, 0.1) is 4.90 Å². The largest absolute Gasteiger partial charge is 0.306 e. The van der Waals surface area contributed by atoms with E-state index in [0.717, 1.165) is 25.9 Å². The van der Waals surface area contributed by atoms with E-state index in [2.05, 4.69) is 16.7 Å². The van der Waals surface area contributed by atoms with Gasteiger partial charge in [-0.1, -0.05) is 30.3 Å². The minimum atomic E-state index is -3.66. The fourth-order valence-corrected chi connectivity index (χ4v) is 4.13. The molecule has 2 aromatic carbocycles. The van der Waals surface area contributed by atoms with Gasteiger partial charge in [-0.05, 0) is 57.2 Å². The third-order valence-corrected chi connectivity index (χ3v) is 5.94. The molecular formula is C19H22N2O3S. The molecule has 1 fully saturated rings. The van der Waals surface area contributed by atoms with Gasteiger partial charge in [0.25, 0.3) is 10.0 Å². The molecule has 1 aliphatic rings. The fourth-order valence-electron chi connectivity index (χ4n) is 3.06. The number of rotatable bonds is 5. The van der Waals surface area contributed by atoms with Gasteiger partial charge in [-0.3, -0.25) is 9.52 Å². The Morgan fingerprint density at radius 1 is 1.04 bits per heavy atom. The SMILES string of the molecule is CN1CCC(C(=O)c2cccc(NS(=O)(=O)c3ccccc3)c2)CC1. The topological polar surface area (TPSA) is 66.5 Å². The Morgan fingerprint density at radius 3 is 2.40 bits per heavy atom. The molecule has 5 nitrogen and oxygen atoms in total. The van der Waals surface area contributed by atoms with E-state index in [1.165, 1.54) is 12.1 Å². The number of hydrogen-bond acceptors (Lipinski definition) is 4. The normalized spacial score (nSPS) is 16.5. The van der Waals surface area contributed by atoms with E-state index < -0.39 is 10.0 Å². The maximum absolute atomic E-state index is 12.7.